The zero-order valence-electron chi connectivity index (χ0n) is 14.6. The fourth-order valence-corrected chi connectivity index (χ4v) is 3.80. The summed E-state index contributed by atoms with van der Waals surface area (Å²) in [4.78, 5) is 6.55. The minimum atomic E-state index is -3.85. The molecule has 0 spiro atoms. The van der Waals surface area contributed by atoms with Crippen molar-refractivity contribution in [2.45, 2.75) is 29.7 Å². The van der Waals surface area contributed by atoms with Gasteiger partial charge in [-0.1, -0.05) is 5.16 Å². The van der Waals surface area contributed by atoms with Crippen molar-refractivity contribution in [3.63, 3.8) is 0 Å². The summed E-state index contributed by atoms with van der Waals surface area (Å²) in [5.74, 6) is 0.691. The summed E-state index contributed by atoms with van der Waals surface area (Å²) in [5.41, 5.74) is 7.04. The minimum absolute atomic E-state index is 0. The fourth-order valence-electron chi connectivity index (χ4n) is 3.26. The molecule has 11 heteroatoms. The lowest BCUT2D eigenvalue weighted by Gasteiger charge is -2.34. The van der Waals surface area contributed by atoms with Crippen LogP contribution in [0.25, 0.3) is 11.5 Å². The van der Waals surface area contributed by atoms with Gasteiger partial charge in [0.05, 0.1) is 29.2 Å². The summed E-state index contributed by atoms with van der Waals surface area (Å²) in [6.45, 7) is 2.56. The number of primary sulfonamides is 1. The molecule has 0 unspecified atom stereocenters. The molecule has 27 heavy (non-hydrogen) atoms. The molecule has 1 saturated carbocycles. The molecule has 0 atom stereocenters. The Hall–Kier alpha value is -1.72. The number of ether oxygens (including phenoxy) is 1. The van der Waals surface area contributed by atoms with Gasteiger partial charge < -0.3 is 19.9 Å². The highest BCUT2D eigenvalue weighted by atomic mass is 35.5. The fraction of sp³-hybridized carbons (Fsp3) is 0.500. The first-order chi connectivity index (χ1) is 12.4. The number of hydrogen-bond donors (Lipinski definition) is 2. The zero-order valence-corrected chi connectivity index (χ0v) is 16.3. The summed E-state index contributed by atoms with van der Waals surface area (Å²) < 4.78 is 34.4. The van der Waals surface area contributed by atoms with Crippen LogP contribution in [0.15, 0.2) is 27.6 Å². The second kappa shape index (κ2) is 7.36. The van der Waals surface area contributed by atoms with Crippen molar-refractivity contribution < 1.29 is 17.7 Å². The molecule has 0 radical (unpaired) electrons. The highest BCUT2D eigenvalue weighted by molar-refractivity contribution is 7.89. The molecule has 2 aromatic rings. The molecular formula is C16H22ClN5O4S. The number of halogens is 1. The number of benzene rings is 1. The van der Waals surface area contributed by atoms with Gasteiger partial charge in [0.15, 0.2) is 5.82 Å². The maximum Gasteiger partial charge on any atom is 0.260 e. The van der Waals surface area contributed by atoms with E-state index in [1.165, 1.54) is 12.1 Å². The third kappa shape index (κ3) is 3.81. The van der Waals surface area contributed by atoms with E-state index in [0.717, 1.165) is 24.9 Å². The number of anilines is 1. The number of sulfonamides is 1. The molecular weight excluding hydrogens is 394 g/mol. The Kier molecular flexibility index (Phi) is 5.46. The number of aromatic nitrogens is 2. The van der Waals surface area contributed by atoms with Gasteiger partial charge in [-0.25, -0.2) is 13.6 Å². The van der Waals surface area contributed by atoms with Crippen molar-refractivity contribution in [2.75, 3.05) is 31.2 Å². The summed E-state index contributed by atoms with van der Waals surface area (Å²) in [6.07, 6.45) is 2.64. The van der Waals surface area contributed by atoms with Crippen molar-refractivity contribution in [3.8, 4) is 11.5 Å². The predicted molar refractivity (Wildman–Crippen MR) is 101 cm³/mol. The van der Waals surface area contributed by atoms with E-state index in [-0.39, 0.29) is 23.2 Å². The monoisotopic (exact) mass is 415 g/mol. The largest absolute Gasteiger partial charge is 0.378 e. The quantitative estimate of drug-likeness (QED) is 0.753. The first-order valence-electron chi connectivity index (χ1n) is 8.50. The normalized spacial score (nSPS) is 19.3. The standard InChI is InChI=1S/C16H21N5O4S.ClH/c17-16(4-1-5-16)15-19-14(25-20-15)12-10-11(26(18,22)23)2-3-13(12)21-6-8-24-9-7-21;/h2-3,10H,1,4-9,17H2,(H2,18,22,23);1H. The van der Waals surface area contributed by atoms with Crippen LogP contribution in [0, 0.1) is 0 Å². The predicted octanol–water partition coefficient (Wildman–Crippen LogP) is 0.980. The van der Waals surface area contributed by atoms with Gasteiger partial charge in [-0.3, -0.25) is 0 Å². The number of nitrogens with zero attached hydrogens (tertiary/aromatic N) is 3. The van der Waals surface area contributed by atoms with E-state index in [1.807, 2.05) is 0 Å². The van der Waals surface area contributed by atoms with E-state index in [1.54, 1.807) is 6.07 Å². The summed E-state index contributed by atoms with van der Waals surface area (Å²) in [7, 11) is -3.85. The number of nitrogens with two attached hydrogens (primary N) is 2. The molecule has 1 saturated heterocycles. The van der Waals surface area contributed by atoms with Crippen LogP contribution >= 0.6 is 12.4 Å². The summed E-state index contributed by atoms with van der Waals surface area (Å²) >= 11 is 0. The lowest BCUT2D eigenvalue weighted by atomic mass is 9.77. The van der Waals surface area contributed by atoms with E-state index in [2.05, 4.69) is 15.0 Å². The van der Waals surface area contributed by atoms with Gasteiger partial charge >= 0.3 is 0 Å². The van der Waals surface area contributed by atoms with Gasteiger partial charge in [0.2, 0.25) is 10.0 Å². The van der Waals surface area contributed by atoms with Crippen LogP contribution < -0.4 is 15.8 Å². The highest BCUT2D eigenvalue weighted by Gasteiger charge is 2.39. The van der Waals surface area contributed by atoms with Crippen LogP contribution in [0.4, 0.5) is 5.69 Å². The Bertz CT molecular complexity index is 923. The van der Waals surface area contributed by atoms with Crippen LogP contribution in [0.1, 0.15) is 25.1 Å². The zero-order chi connectivity index (χ0) is 18.4. The van der Waals surface area contributed by atoms with Gasteiger partial charge in [-0.2, -0.15) is 4.98 Å². The van der Waals surface area contributed by atoms with E-state index >= 15 is 0 Å². The van der Waals surface area contributed by atoms with Crippen molar-refractivity contribution in [1.29, 1.82) is 0 Å². The van der Waals surface area contributed by atoms with E-state index in [0.29, 0.717) is 37.7 Å². The van der Waals surface area contributed by atoms with Gasteiger partial charge in [0, 0.05) is 18.8 Å². The first-order valence-corrected chi connectivity index (χ1v) is 10.0. The second-order valence-electron chi connectivity index (χ2n) is 6.76. The smallest absolute Gasteiger partial charge is 0.260 e. The molecule has 2 fully saturated rings. The molecule has 4 N–H and O–H groups in total. The maximum atomic E-state index is 11.8. The lowest BCUT2D eigenvalue weighted by Crippen LogP contribution is -2.44. The van der Waals surface area contributed by atoms with Gasteiger partial charge in [0.25, 0.3) is 5.89 Å². The van der Waals surface area contributed by atoms with Crippen LogP contribution in [-0.2, 0) is 20.3 Å². The summed E-state index contributed by atoms with van der Waals surface area (Å²) in [5, 5.41) is 9.32. The van der Waals surface area contributed by atoms with Gasteiger partial charge in [-0.15, -0.1) is 12.4 Å². The van der Waals surface area contributed by atoms with Crippen LogP contribution in [0.2, 0.25) is 0 Å². The molecule has 1 aliphatic heterocycles. The molecule has 1 aromatic heterocycles. The Morgan fingerprint density at radius 2 is 1.89 bits per heavy atom. The average molecular weight is 416 g/mol. The van der Waals surface area contributed by atoms with Crippen LogP contribution in [0.3, 0.4) is 0 Å². The van der Waals surface area contributed by atoms with Gasteiger partial charge in [-0.05, 0) is 37.5 Å². The Labute approximate surface area is 163 Å². The third-order valence-electron chi connectivity index (χ3n) is 5.00. The molecule has 1 aliphatic carbocycles. The highest BCUT2D eigenvalue weighted by Crippen LogP contribution is 2.39. The molecule has 1 aromatic carbocycles. The van der Waals surface area contributed by atoms with Gasteiger partial charge in [0.1, 0.15) is 0 Å². The second-order valence-corrected chi connectivity index (χ2v) is 8.32. The van der Waals surface area contributed by atoms with Crippen molar-refractivity contribution >= 4 is 28.1 Å². The van der Waals surface area contributed by atoms with Crippen molar-refractivity contribution in [1.82, 2.24) is 10.1 Å². The first kappa shape index (κ1) is 20.0. The SMILES string of the molecule is Cl.NC1(c2noc(-c3cc(S(N)(=O)=O)ccc3N3CCOCC3)n2)CCC1. The van der Waals surface area contributed by atoms with Crippen LogP contribution in [0.5, 0.6) is 0 Å². The molecule has 0 bridgehead atoms. The number of rotatable bonds is 4. The van der Waals surface area contributed by atoms with E-state index in [4.69, 9.17) is 20.1 Å². The molecule has 9 nitrogen and oxygen atoms in total. The van der Waals surface area contributed by atoms with Crippen LogP contribution in [-0.4, -0.2) is 44.9 Å². The molecule has 0 amide bonds. The Morgan fingerprint density at radius 1 is 1.19 bits per heavy atom. The summed E-state index contributed by atoms with van der Waals surface area (Å²) in [6, 6.07) is 4.67. The molecule has 4 rings (SSSR count). The van der Waals surface area contributed by atoms with Crippen molar-refractivity contribution in [2.24, 2.45) is 10.9 Å². The Morgan fingerprint density at radius 3 is 2.48 bits per heavy atom. The number of morpholine rings is 1. The maximum absolute atomic E-state index is 11.8. The van der Waals surface area contributed by atoms with Crippen molar-refractivity contribution in [3.05, 3.63) is 24.0 Å². The van der Waals surface area contributed by atoms with E-state index in [9.17, 15) is 8.42 Å². The topological polar surface area (TPSA) is 138 Å². The lowest BCUT2D eigenvalue weighted by molar-refractivity contribution is 0.122. The molecule has 2 heterocycles. The Balaban J connectivity index is 0.00000210. The minimum Gasteiger partial charge on any atom is -0.378 e. The van der Waals surface area contributed by atoms with E-state index < -0.39 is 15.6 Å². The average Bonchev–Trinajstić information content (AvgIpc) is 3.09. The molecule has 2 aliphatic rings. The third-order valence-corrected chi connectivity index (χ3v) is 5.91. The number of hydrogen-bond acceptors (Lipinski definition) is 8. The molecule has 148 valence electrons.